The van der Waals surface area contributed by atoms with Crippen LogP contribution in [0.4, 0.5) is 19.3 Å². The van der Waals surface area contributed by atoms with Gasteiger partial charge in [0.25, 0.3) is 11.8 Å². The van der Waals surface area contributed by atoms with E-state index < -0.39 is 35.4 Å². The van der Waals surface area contributed by atoms with Crippen molar-refractivity contribution in [2.24, 2.45) is 0 Å². The number of aliphatic carboxylic acids is 1. The molecular weight excluding hydrogens is 616 g/mol. The monoisotopic (exact) mass is 645 g/mol. The molecule has 2 amide bonds. The Hall–Kier alpha value is -5.99. The minimum atomic E-state index is -1.40. The fourth-order valence-electron chi connectivity index (χ4n) is 4.36. The van der Waals surface area contributed by atoms with Gasteiger partial charge in [0, 0.05) is 17.7 Å². The van der Waals surface area contributed by atoms with E-state index in [1.807, 2.05) is 0 Å². The van der Waals surface area contributed by atoms with Crippen molar-refractivity contribution in [2.45, 2.75) is 45.4 Å². The first-order valence-electron chi connectivity index (χ1n) is 14.2. The van der Waals surface area contributed by atoms with E-state index in [-0.39, 0.29) is 47.3 Å². The zero-order chi connectivity index (χ0) is 33.7. The second-order valence-electron chi connectivity index (χ2n) is 11.4. The van der Waals surface area contributed by atoms with Crippen LogP contribution in [-0.4, -0.2) is 59.9 Å². The zero-order valence-electron chi connectivity index (χ0n) is 25.4. The summed E-state index contributed by atoms with van der Waals surface area (Å²) in [5, 5.41) is 26.2. The van der Waals surface area contributed by atoms with Gasteiger partial charge in [-0.1, -0.05) is 28.6 Å². The predicted molar refractivity (Wildman–Crippen MR) is 163 cm³/mol. The Bertz CT molecular complexity index is 1900. The lowest BCUT2D eigenvalue weighted by atomic mass is 10.0. The molecule has 0 fully saturated rings. The summed E-state index contributed by atoms with van der Waals surface area (Å²) in [6.07, 6.45) is 0.495. The number of carbonyl (C=O) groups excluding carboxylic acids is 2. The Balaban J connectivity index is 1.21. The quantitative estimate of drug-likeness (QED) is 0.185. The molecule has 2 aromatic heterocycles. The highest BCUT2D eigenvalue weighted by Gasteiger charge is 2.24. The second-order valence-corrected chi connectivity index (χ2v) is 11.4. The Morgan fingerprint density at radius 3 is 2.36 bits per heavy atom. The number of ether oxygens (including phenoxy) is 1. The van der Waals surface area contributed by atoms with E-state index in [0.717, 1.165) is 11.6 Å². The summed E-state index contributed by atoms with van der Waals surface area (Å²) < 4.78 is 40.2. The summed E-state index contributed by atoms with van der Waals surface area (Å²) in [6.45, 7) is 5.48. The topological polar surface area (TPSA) is 174 Å². The summed E-state index contributed by atoms with van der Waals surface area (Å²) >= 11 is 0. The highest BCUT2D eigenvalue weighted by molar-refractivity contribution is 5.94. The molecule has 0 aliphatic rings. The van der Waals surface area contributed by atoms with Crippen LogP contribution in [0.15, 0.2) is 77.4 Å². The first-order chi connectivity index (χ1) is 22.3. The smallest absolute Gasteiger partial charge is 0.412 e. The number of carboxylic acid groups (broad SMARTS) is 1. The number of hydrogen-bond donors (Lipinski definition) is 3. The number of halogens is 2. The molecule has 47 heavy (non-hydrogen) atoms. The average molecular weight is 646 g/mol. The largest absolute Gasteiger partial charge is 0.480 e. The third-order valence-corrected chi connectivity index (χ3v) is 6.55. The summed E-state index contributed by atoms with van der Waals surface area (Å²) in [5.41, 5.74) is 1.25. The van der Waals surface area contributed by atoms with Gasteiger partial charge in [-0.15, -0.1) is 5.10 Å². The van der Waals surface area contributed by atoms with Gasteiger partial charge in [-0.3, -0.25) is 10.1 Å². The minimum absolute atomic E-state index is 0.0145. The Kier molecular flexibility index (Phi) is 9.35. The number of anilines is 1. The van der Waals surface area contributed by atoms with Gasteiger partial charge >= 0.3 is 12.1 Å². The molecule has 0 saturated heterocycles. The lowest BCUT2D eigenvalue weighted by Crippen LogP contribution is -2.42. The number of carbonyl (C=O) groups is 3. The van der Waals surface area contributed by atoms with Crippen molar-refractivity contribution >= 4 is 23.7 Å². The summed E-state index contributed by atoms with van der Waals surface area (Å²) in [6, 6.07) is 14.8. The first-order valence-corrected chi connectivity index (χ1v) is 14.2. The number of aromatic nitrogens is 5. The Morgan fingerprint density at radius 1 is 1.00 bits per heavy atom. The van der Waals surface area contributed by atoms with Crippen LogP contribution < -0.4 is 10.6 Å². The van der Waals surface area contributed by atoms with E-state index in [4.69, 9.17) is 9.26 Å². The molecule has 1 unspecified atom stereocenters. The molecule has 2 heterocycles. The van der Waals surface area contributed by atoms with E-state index >= 15 is 4.39 Å². The first kappa shape index (κ1) is 32.4. The molecule has 5 rings (SSSR count). The highest BCUT2D eigenvalue weighted by atomic mass is 19.1. The van der Waals surface area contributed by atoms with E-state index in [2.05, 4.69) is 31.1 Å². The standard InChI is InChI=1S/C32H29F2N7O6/c1-32(2,3)46-31(45)35-22-11-7-20(8-12-22)29-37-27(39-47-29)23-13-6-19(14-24(23)34)15-25(30(43)44)36-28(42)26-17-41(40-38-26)16-18-4-9-21(33)10-5-18/h4-14,17,25H,15-16H2,1-3H3,(H,35,45)(H,36,42)(H,43,44). The van der Waals surface area contributed by atoms with Gasteiger partial charge < -0.3 is 19.7 Å². The molecule has 3 aromatic carbocycles. The average Bonchev–Trinajstić information content (AvgIpc) is 3.68. The van der Waals surface area contributed by atoms with Crippen LogP contribution in [0.1, 0.15) is 42.4 Å². The maximum atomic E-state index is 15.2. The van der Waals surface area contributed by atoms with E-state index in [1.54, 1.807) is 57.2 Å². The summed E-state index contributed by atoms with van der Waals surface area (Å²) in [7, 11) is 0. The molecule has 5 aromatic rings. The Morgan fingerprint density at radius 2 is 1.70 bits per heavy atom. The lowest BCUT2D eigenvalue weighted by molar-refractivity contribution is -0.139. The van der Waals surface area contributed by atoms with Crippen LogP contribution in [0.2, 0.25) is 0 Å². The molecule has 15 heteroatoms. The summed E-state index contributed by atoms with van der Waals surface area (Å²) in [5.74, 6) is -3.17. The molecule has 0 bridgehead atoms. The molecule has 0 radical (unpaired) electrons. The Labute approximate surface area is 266 Å². The van der Waals surface area contributed by atoms with Crippen molar-refractivity contribution in [3.8, 4) is 22.8 Å². The fraction of sp³-hybridized carbons (Fsp3) is 0.219. The van der Waals surface area contributed by atoms with Crippen LogP contribution in [-0.2, 0) is 22.5 Å². The van der Waals surface area contributed by atoms with Crippen LogP contribution in [0.5, 0.6) is 0 Å². The maximum Gasteiger partial charge on any atom is 0.412 e. The van der Waals surface area contributed by atoms with Gasteiger partial charge in [0.2, 0.25) is 5.82 Å². The van der Waals surface area contributed by atoms with Crippen molar-refractivity contribution in [2.75, 3.05) is 5.32 Å². The summed E-state index contributed by atoms with van der Waals surface area (Å²) in [4.78, 5) is 40.9. The molecule has 0 aliphatic heterocycles. The van der Waals surface area contributed by atoms with E-state index in [9.17, 15) is 23.9 Å². The van der Waals surface area contributed by atoms with Crippen LogP contribution in [0.25, 0.3) is 22.8 Å². The van der Waals surface area contributed by atoms with Crippen molar-refractivity contribution in [3.05, 3.63) is 101 Å². The molecule has 0 saturated carbocycles. The number of rotatable bonds is 10. The number of nitrogens with one attached hydrogen (secondary N) is 2. The lowest BCUT2D eigenvalue weighted by Gasteiger charge is -2.19. The maximum absolute atomic E-state index is 15.2. The van der Waals surface area contributed by atoms with Gasteiger partial charge in [-0.25, -0.2) is 23.1 Å². The van der Waals surface area contributed by atoms with Gasteiger partial charge in [0.15, 0.2) is 5.69 Å². The third-order valence-electron chi connectivity index (χ3n) is 6.55. The highest BCUT2D eigenvalue weighted by Crippen LogP contribution is 2.26. The SMILES string of the molecule is CC(C)(C)OC(=O)Nc1ccc(-c2nc(-c3ccc(CC(NC(=O)c4cn(Cc5ccc(F)cc5)nn4)C(=O)O)cc3F)no2)cc1. The number of carboxylic acids is 1. The van der Waals surface area contributed by atoms with Gasteiger partial charge in [0.1, 0.15) is 23.3 Å². The van der Waals surface area contributed by atoms with Crippen molar-refractivity contribution in [1.29, 1.82) is 0 Å². The van der Waals surface area contributed by atoms with Gasteiger partial charge in [0.05, 0.1) is 18.3 Å². The predicted octanol–water partition coefficient (Wildman–Crippen LogP) is 5.09. The van der Waals surface area contributed by atoms with Crippen molar-refractivity contribution < 1.29 is 37.5 Å². The second kappa shape index (κ2) is 13.6. The third kappa shape index (κ3) is 8.59. The number of hydrogen-bond acceptors (Lipinski definition) is 9. The molecule has 1 atom stereocenters. The van der Waals surface area contributed by atoms with Crippen LogP contribution >= 0.6 is 0 Å². The normalized spacial score (nSPS) is 11.9. The molecule has 0 aliphatic carbocycles. The van der Waals surface area contributed by atoms with Crippen molar-refractivity contribution in [1.82, 2.24) is 30.5 Å². The van der Waals surface area contributed by atoms with Crippen LogP contribution in [0, 0.1) is 11.6 Å². The van der Waals surface area contributed by atoms with E-state index in [1.165, 1.54) is 35.1 Å². The minimum Gasteiger partial charge on any atom is -0.480 e. The van der Waals surface area contributed by atoms with E-state index in [0.29, 0.717) is 11.3 Å². The molecule has 3 N–H and O–H groups in total. The molecular formula is C32H29F2N7O6. The van der Waals surface area contributed by atoms with Gasteiger partial charge in [-0.2, -0.15) is 4.98 Å². The van der Waals surface area contributed by atoms with Crippen LogP contribution in [0.3, 0.4) is 0 Å². The molecule has 0 spiro atoms. The fourth-order valence-corrected chi connectivity index (χ4v) is 4.36. The zero-order valence-corrected chi connectivity index (χ0v) is 25.4. The molecule has 242 valence electrons. The molecule has 13 nitrogen and oxygen atoms in total. The van der Waals surface area contributed by atoms with Gasteiger partial charge in [-0.05, 0) is 80.4 Å². The number of nitrogens with zero attached hydrogens (tertiary/aromatic N) is 5. The number of amides is 2. The number of benzene rings is 3. The van der Waals surface area contributed by atoms with Crippen molar-refractivity contribution in [3.63, 3.8) is 0 Å².